The summed E-state index contributed by atoms with van der Waals surface area (Å²) in [6.45, 7) is 0.270. The van der Waals surface area contributed by atoms with Crippen LogP contribution in [0.5, 0.6) is 0 Å². The molecular formula is C25H30FNO5S. The first-order chi connectivity index (χ1) is 15.8. The van der Waals surface area contributed by atoms with Crippen molar-refractivity contribution in [3.8, 4) is 11.1 Å². The van der Waals surface area contributed by atoms with Gasteiger partial charge < -0.3 is 9.47 Å². The van der Waals surface area contributed by atoms with Crippen LogP contribution in [0, 0.1) is 23.6 Å². The first kappa shape index (κ1) is 24.0. The van der Waals surface area contributed by atoms with Crippen LogP contribution < -0.4 is 0 Å². The van der Waals surface area contributed by atoms with Crippen molar-refractivity contribution >= 4 is 16.2 Å². The van der Waals surface area contributed by atoms with E-state index in [1.165, 1.54) is 12.1 Å². The molecule has 6 nitrogen and oxygen atoms in total. The molecule has 1 aromatic heterocycles. The van der Waals surface area contributed by atoms with Gasteiger partial charge in [-0.2, -0.15) is 8.42 Å². The molecule has 0 amide bonds. The van der Waals surface area contributed by atoms with E-state index in [1.807, 2.05) is 30.4 Å². The number of hydrogen-bond acceptors (Lipinski definition) is 6. The van der Waals surface area contributed by atoms with Gasteiger partial charge >= 0.3 is 0 Å². The Kier molecular flexibility index (Phi) is 7.58. The van der Waals surface area contributed by atoms with E-state index in [-0.39, 0.29) is 30.7 Å². The zero-order valence-corrected chi connectivity index (χ0v) is 19.7. The Balaban J connectivity index is 1.49. The number of nitrogens with zero attached hydrogens (tertiary/aromatic N) is 1. The van der Waals surface area contributed by atoms with Crippen LogP contribution in [-0.2, 0) is 23.8 Å². The van der Waals surface area contributed by atoms with Crippen molar-refractivity contribution in [2.45, 2.75) is 37.9 Å². The molecule has 1 heterocycles. The van der Waals surface area contributed by atoms with Gasteiger partial charge in [-0.05, 0) is 67.4 Å². The standard InChI is InChI=1S/C25H30FNO5S/c1-30-16-31-22-9-11-23-19(13-22)14-25(32-33(2,28)29)24(23)10-8-21-7-6-18(15-27-21)17-4-3-5-20(26)12-17/h3-8,10,12,15,19,22-25H,9,11,13-14,16H2,1-2H3/b10-8+/t19-,22-,23-,24+,25-/m1/s1. The molecule has 2 aromatic rings. The highest BCUT2D eigenvalue weighted by molar-refractivity contribution is 7.86. The van der Waals surface area contributed by atoms with Gasteiger partial charge in [0, 0.05) is 24.8 Å². The Morgan fingerprint density at radius 3 is 2.70 bits per heavy atom. The minimum absolute atomic E-state index is 0.0159. The van der Waals surface area contributed by atoms with Crippen LogP contribution in [0.4, 0.5) is 4.39 Å². The molecule has 5 atom stereocenters. The predicted octanol–water partition coefficient (Wildman–Crippen LogP) is 4.67. The monoisotopic (exact) mass is 475 g/mol. The van der Waals surface area contributed by atoms with Gasteiger partial charge in [0.2, 0.25) is 0 Å². The smallest absolute Gasteiger partial charge is 0.264 e. The number of rotatable bonds is 8. The maximum Gasteiger partial charge on any atom is 0.264 e. The van der Waals surface area contributed by atoms with Crippen molar-refractivity contribution in [2.75, 3.05) is 20.2 Å². The highest BCUT2D eigenvalue weighted by Gasteiger charge is 2.46. The number of fused-ring (bicyclic) bond motifs is 1. The Labute approximate surface area is 194 Å². The molecule has 0 bridgehead atoms. The van der Waals surface area contributed by atoms with Crippen molar-refractivity contribution in [3.63, 3.8) is 0 Å². The molecule has 178 valence electrons. The number of aromatic nitrogens is 1. The van der Waals surface area contributed by atoms with Crippen LogP contribution in [-0.4, -0.2) is 45.8 Å². The van der Waals surface area contributed by atoms with Gasteiger partial charge in [0.1, 0.15) is 12.6 Å². The molecule has 0 spiro atoms. The molecule has 1 aromatic carbocycles. The topological polar surface area (TPSA) is 74.7 Å². The summed E-state index contributed by atoms with van der Waals surface area (Å²) in [5.41, 5.74) is 2.36. The highest BCUT2D eigenvalue weighted by atomic mass is 32.2. The van der Waals surface area contributed by atoms with Gasteiger partial charge in [0.15, 0.2) is 0 Å². The zero-order valence-electron chi connectivity index (χ0n) is 18.9. The minimum Gasteiger partial charge on any atom is -0.359 e. The molecule has 0 radical (unpaired) electrons. The summed E-state index contributed by atoms with van der Waals surface area (Å²) < 4.78 is 53.6. The van der Waals surface area contributed by atoms with Gasteiger partial charge in [-0.3, -0.25) is 9.17 Å². The highest BCUT2D eigenvalue weighted by Crippen LogP contribution is 2.48. The maximum absolute atomic E-state index is 13.5. The summed E-state index contributed by atoms with van der Waals surface area (Å²) in [5.74, 6) is 0.372. The molecular weight excluding hydrogens is 445 g/mol. The first-order valence-electron chi connectivity index (χ1n) is 11.2. The van der Waals surface area contributed by atoms with Crippen molar-refractivity contribution in [3.05, 3.63) is 60.2 Å². The lowest BCUT2D eigenvalue weighted by atomic mass is 9.76. The van der Waals surface area contributed by atoms with Gasteiger partial charge in [-0.15, -0.1) is 0 Å². The van der Waals surface area contributed by atoms with Crippen molar-refractivity contribution in [2.24, 2.45) is 17.8 Å². The largest absolute Gasteiger partial charge is 0.359 e. The molecule has 33 heavy (non-hydrogen) atoms. The van der Waals surface area contributed by atoms with E-state index in [0.717, 1.165) is 42.3 Å². The van der Waals surface area contributed by atoms with E-state index < -0.39 is 10.1 Å². The molecule has 2 aliphatic carbocycles. The Bertz CT molecular complexity index is 1070. The second-order valence-corrected chi connectivity index (χ2v) is 10.5. The number of methoxy groups -OCH3 is 1. The van der Waals surface area contributed by atoms with Gasteiger partial charge in [0.05, 0.1) is 24.2 Å². The van der Waals surface area contributed by atoms with Crippen LogP contribution in [0.15, 0.2) is 48.7 Å². The number of halogens is 1. The van der Waals surface area contributed by atoms with Crippen LogP contribution in [0.25, 0.3) is 17.2 Å². The van der Waals surface area contributed by atoms with Gasteiger partial charge in [0.25, 0.3) is 10.1 Å². The summed E-state index contributed by atoms with van der Waals surface area (Å²) in [4.78, 5) is 4.49. The van der Waals surface area contributed by atoms with Gasteiger partial charge in [-0.1, -0.05) is 24.3 Å². The van der Waals surface area contributed by atoms with Crippen molar-refractivity contribution in [1.82, 2.24) is 4.98 Å². The fourth-order valence-corrected chi connectivity index (χ4v) is 5.87. The molecule has 8 heteroatoms. The van der Waals surface area contributed by atoms with E-state index >= 15 is 0 Å². The average molecular weight is 476 g/mol. The summed E-state index contributed by atoms with van der Waals surface area (Å²) in [6, 6.07) is 10.2. The first-order valence-corrected chi connectivity index (χ1v) is 13.0. The third kappa shape index (κ3) is 6.26. The Hall–Kier alpha value is -2.13. The van der Waals surface area contributed by atoms with Crippen molar-refractivity contribution in [1.29, 1.82) is 0 Å². The second-order valence-electron chi connectivity index (χ2n) is 8.93. The fourth-order valence-electron chi connectivity index (χ4n) is 5.22. The minimum atomic E-state index is -3.57. The number of hydrogen-bond donors (Lipinski definition) is 0. The zero-order chi connectivity index (χ0) is 23.4. The lowest BCUT2D eigenvalue weighted by Crippen LogP contribution is -2.30. The summed E-state index contributed by atoms with van der Waals surface area (Å²) >= 11 is 0. The molecule has 2 fully saturated rings. The molecule has 0 aliphatic heterocycles. The normalized spacial score (nSPS) is 27.7. The number of benzene rings is 1. The average Bonchev–Trinajstić information content (AvgIpc) is 3.11. The van der Waals surface area contributed by atoms with Crippen LogP contribution in [0.2, 0.25) is 0 Å². The lowest BCUT2D eigenvalue weighted by Gasteiger charge is -2.33. The van der Waals surface area contributed by atoms with E-state index in [2.05, 4.69) is 4.98 Å². The molecule has 2 aliphatic rings. The fraction of sp³-hybridized carbons (Fsp3) is 0.480. The maximum atomic E-state index is 13.5. The molecule has 0 unspecified atom stereocenters. The number of ether oxygens (including phenoxy) is 2. The number of pyridine rings is 1. The molecule has 0 saturated heterocycles. The predicted molar refractivity (Wildman–Crippen MR) is 124 cm³/mol. The third-order valence-electron chi connectivity index (χ3n) is 6.61. The molecule has 4 rings (SSSR count). The molecule has 2 saturated carbocycles. The van der Waals surface area contributed by atoms with Gasteiger partial charge in [-0.25, -0.2) is 4.39 Å². The van der Waals surface area contributed by atoms with E-state index in [1.54, 1.807) is 19.4 Å². The Morgan fingerprint density at radius 1 is 1.15 bits per heavy atom. The van der Waals surface area contributed by atoms with E-state index in [9.17, 15) is 12.8 Å². The van der Waals surface area contributed by atoms with Crippen LogP contribution >= 0.6 is 0 Å². The Morgan fingerprint density at radius 2 is 2.00 bits per heavy atom. The van der Waals surface area contributed by atoms with Crippen molar-refractivity contribution < 1.29 is 26.5 Å². The second kappa shape index (κ2) is 10.4. The summed E-state index contributed by atoms with van der Waals surface area (Å²) in [6.07, 6.45) is 9.96. The van der Waals surface area contributed by atoms with E-state index in [4.69, 9.17) is 13.7 Å². The molecule has 0 N–H and O–H groups in total. The third-order valence-corrected chi connectivity index (χ3v) is 7.20. The SMILES string of the molecule is COCO[C@@H]1CC[C@@H]2[C@H](C1)C[C@@H](OS(C)(=O)=O)[C@H]2/C=C/c1ccc(-c2cccc(F)c2)cn1. The lowest BCUT2D eigenvalue weighted by molar-refractivity contribution is -0.0930. The summed E-state index contributed by atoms with van der Waals surface area (Å²) in [5, 5.41) is 0. The summed E-state index contributed by atoms with van der Waals surface area (Å²) in [7, 11) is -1.96. The van der Waals surface area contributed by atoms with Crippen LogP contribution in [0.1, 0.15) is 31.4 Å². The van der Waals surface area contributed by atoms with Crippen LogP contribution in [0.3, 0.4) is 0 Å². The van der Waals surface area contributed by atoms with E-state index in [0.29, 0.717) is 18.3 Å². The quantitative estimate of drug-likeness (QED) is 0.408.